The molecule has 0 saturated heterocycles. The molecule has 1 heteroatoms. The molecule has 15 heavy (non-hydrogen) atoms. The van der Waals surface area contributed by atoms with Crippen molar-refractivity contribution < 1.29 is 0 Å². The van der Waals surface area contributed by atoms with Crippen molar-refractivity contribution in [2.75, 3.05) is 0 Å². The molecule has 1 aliphatic carbocycles. The molecule has 2 unspecified atom stereocenters. The number of nitriles is 1. The maximum Gasteiger partial charge on any atom is 0.0749 e. The number of benzene rings is 1. The van der Waals surface area contributed by atoms with E-state index in [9.17, 15) is 0 Å². The summed E-state index contributed by atoms with van der Waals surface area (Å²) in [7, 11) is 0. The summed E-state index contributed by atoms with van der Waals surface area (Å²) in [5.41, 5.74) is 2.47. The second kappa shape index (κ2) is 4.14. The van der Waals surface area contributed by atoms with E-state index in [1.54, 1.807) is 0 Å². The van der Waals surface area contributed by atoms with Crippen molar-refractivity contribution >= 4 is 0 Å². The van der Waals surface area contributed by atoms with Crippen molar-refractivity contribution in [3.8, 4) is 6.07 Å². The fourth-order valence-electron chi connectivity index (χ4n) is 1.84. The summed E-state index contributed by atoms with van der Waals surface area (Å²) in [4.78, 5) is 0. The molecule has 0 radical (unpaired) electrons. The highest BCUT2D eigenvalue weighted by atomic mass is 14.3. The van der Waals surface area contributed by atoms with Crippen molar-refractivity contribution in [2.24, 2.45) is 5.92 Å². The first-order valence-corrected chi connectivity index (χ1v) is 5.12. The van der Waals surface area contributed by atoms with E-state index in [1.165, 1.54) is 11.1 Å². The van der Waals surface area contributed by atoms with Crippen molar-refractivity contribution in [3.63, 3.8) is 0 Å². The number of hydrogen-bond donors (Lipinski definition) is 0. The van der Waals surface area contributed by atoms with Crippen LogP contribution in [-0.4, -0.2) is 0 Å². The lowest BCUT2D eigenvalue weighted by Gasteiger charge is -2.18. The summed E-state index contributed by atoms with van der Waals surface area (Å²) in [6, 6.07) is 10.7. The van der Waals surface area contributed by atoms with Crippen LogP contribution in [0.2, 0.25) is 0 Å². The van der Waals surface area contributed by atoms with Gasteiger partial charge in [-0.3, -0.25) is 0 Å². The SMILES string of the molecule is Cc1ccc(C2C=CC=CC2C#N)cc1. The van der Waals surface area contributed by atoms with E-state index in [-0.39, 0.29) is 11.8 Å². The lowest BCUT2D eigenvalue weighted by Crippen LogP contribution is -2.08. The van der Waals surface area contributed by atoms with Crippen LogP contribution in [0.3, 0.4) is 0 Å². The van der Waals surface area contributed by atoms with Gasteiger partial charge in [0.25, 0.3) is 0 Å². The third-order valence-electron chi connectivity index (χ3n) is 2.75. The summed E-state index contributed by atoms with van der Waals surface area (Å²) in [5, 5.41) is 9.04. The lowest BCUT2D eigenvalue weighted by molar-refractivity contribution is 0.712. The van der Waals surface area contributed by atoms with E-state index in [4.69, 9.17) is 5.26 Å². The summed E-state index contributed by atoms with van der Waals surface area (Å²) < 4.78 is 0. The monoisotopic (exact) mass is 195 g/mol. The Kier molecular flexibility index (Phi) is 2.69. The smallest absolute Gasteiger partial charge is 0.0749 e. The van der Waals surface area contributed by atoms with Crippen LogP contribution in [0.5, 0.6) is 0 Å². The summed E-state index contributed by atoms with van der Waals surface area (Å²) in [5.74, 6) is 0.179. The minimum Gasteiger partial charge on any atom is -0.198 e. The average Bonchev–Trinajstić information content (AvgIpc) is 2.30. The van der Waals surface area contributed by atoms with Gasteiger partial charge in [0, 0.05) is 5.92 Å². The first-order chi connectivity index (χ1) is 7.31. The van der Waals surface area contributed by atoms with Crippen molar-refractivity contribution in [1.82, 2.24) is 0 Å². The molecule has 1 aromatic rings. The van der Waals surface area contributed by atoms with Gasteiger partial charge in [-0.2, -0.15) is 5.26 Å². The Morgan fingerprint density at radius 2 is 1.73 bits per heavy atom. The van der Waals surface area contributed by atoms with Crippen LogP contribution in [0.1, 0.15) is 17.0 Å². The second-order valence-electron chi connectivity index (χ2n) is 3.86. The zero-order valence-electron chi connectivity index (χ0n) is 8.72. The molecule has 74 valence electrons. The van der Waals surface area contributed by atoms with Gasteiger partial charge in [-0.25, -0.2) is 0 Å². The van der Waals surface area contributed by atoms with Gasteiger partial charge in [-0.15, -0.1) is 0 Å². The Balaban J connectivity index is 2.31. The van der Waals surface area contributed by atoms with Crippen LogP contribution >= 0.6 is 0 Å². The molecule has 1 aliphatic rings. The normalized spacial score (nSPS) is 23.7. The van der Waals surface area contributed by atoms with Crippen LogP contribution in [-0.2, 0) is 0 Å². The molecule has 0 spiro atoms. The van der Waals surface area contributed by atoms with Gasteiger partial charge in [0.2, 0.25) is 0 Å². The van der Waals surface area contributed by atoms with E-state index < -0.39 is 0 Å². The molecule has 1 nitrogen and oxygen atoms in total. The Bertz CT molecular complexity index is 431. The summed E-state index contributed by atoms with van der Waals surface area (Å²) in [6.45, 7) is 2.07. The van der Waals surface area contributed by atoms with Gasteiger partial charge in [0.05, 0.1) is 12.0 Å². The molecular formula is C14H13N. The van der Waals surface area contributed by atoms with Crippen molar-refractivity contribution in [1.29, 1.82) is 5.26 Å². The first-order valence-electron chi connectivity index (χ1n) is 5.12. The highest BCUT2D eigenvalue weighted by molar-refractivity contribution is 5.34. The molecule has 0 bridgehead atoms. The number of aryl methyl sites for hydroxylation is 1. The Hall–Kier alpha value is -1.81. The van der Waals surface area contributed by atoms with Crippen molar-refractivity contribution in [2.45, 2.75) is 12.8 Å². The van der Waals surface area contributed by atoms with Gasteiger partial charge in [0.15, 0.2) is 0 Å². The fourth-order valence-corrected chi connectivity index (χ4v) is 1.84. The molecule has 0 aromatic heterocycles. The van der Waals surface area contributed by atoms with E-state index in [2.05, 4.69) is 43.3 Å². The van der Waals surface area contributed by atoms with Crippen molar-refractivity contribution in [3.05, 3.63) is 59.7 Å². The predicted molar refractivity (Wildman–Crippen MR) is 61.3 cm³/mol. The predicted octanol–water partition coefficient (Wildman–Crippen LogP) is 3.34. The van der Waals surface area contributed by atoms with Crippen LogP contribution in [0.4, 0.5) is 0 Å². The Morgan fingerprint density at radius 3 is 2.40 bits per heavy atom. The van der Waals surface area contributed by atoms with E-state index in [0.29, 0.717) is 0 Å². The zero-order valence-corrected chi connectivity index (χ0v) is 8.72. The van der Waals surface area contributed by atoms with E-state index in [0.717, 1.165) is 0 Å². The number of allylic oxidation sites excluding steroid dienone is 4. The van der Waals surface area contributed by atoms with Gasteiger partial charge in [-0.1, -0.05) is 54.1 Å². The fraction of sp³-hybridized carbons (Fsp3) is 0.214. The minimum atomic E-state index is -0.0299. The second-order valence-corrected chi connectivity index (χ2v) is 3.86. The zero-order chi connectivity index (χ0) is 10.7. The van der Waals surface area contributed by atoms with Gasteiger partial charge in [-0.05, 0) is 12.5 Å². The molecule has 0 fully saturated rings. The highest BCUT2D eigenvalue weighted by Crippen LogP contribution is 2.29. The summed E-state index contributed by atoms with van der Waals surface area (Å²) >= 11 is 0. The summed E-state index contributed by atoms with van der Waals surface area (Å²) in [6.07, 6.45) is 8.01. The van der Waals surface area contributed by atoms with E-state index in [1.807, 2.05) is 18.2 Å². The third-order valence-corrected chi connectivity index (χ3v) is 2.75. The molecule has 0 heterocycles. The molecule has 2 rings (SSSR count). The lowest BCUT2D eigenvalue weighted by atomic mass is 9.84. The molecule has 1 aromatic carbocycles. The number of rotatable bonds is 1. The quantitative estimate of drug-likeness (QED) is 0.674. The van der Waals surface area contributed by atoms with Gasteiger partial charge >= 0.3 is 0 Å². The molecular weight excluding hydrogens is 182 g/mol. The third kappa shape index (κ3) is 1.99. The standard InChI is InChI=1S/C14H13N/c1-11-6-8-12(9-7-11)14-5-3-2-4-13(14)10-15/h2-9,13-14H,1H3. The van der Waals surface area contributed by atoms with Crippen LogP contribution in [0, 0.1) is 24.2 Å². The molecule has 0 amide bonds. The highest BCUT2D eigenvalue weighted by Gasteiger charge is 2.19. The average molecular weight is 195 g/mol. The minimum absolute atomic E-state index is 0.0299. The van der Waals surface area contributed by atoms with Crippen LogP contribution in [0.25, 0.3) is 0 Å². The van der Waals surface area contributed by atoms with Crippen LogP contribution < -0.4 is 0 Å². The molecule has 0 aliphatic heterocycles. The topological polar surface area (TPSA) is 23.8 Å². The van der Waals surface area contributed by atoms with Gasteiger partial charge in [0.1, 0.15) is 0 Å². The number of hydrogen-bond acceptors (Lipinski definition) is 1. The van der Waals surface area contributed by atoms with Gasteiger partial charge < -0.3 is 0 Å². The molecule has 0 N–H and O–H groups in total. The first kappa shape index (κ1) is 9.73. The van der Waals surface area contributed by atoms with Crippen LogP contribution in [0.15, 0.2) is 48.6 Å². The molecule has 0 saturated carbocycles. The largest absolute Gasteiger partial charge is 0.198 e. The Morgan fingerprint density at radius 1 is 1.07 bits per heavy atom. The Labute approximate surface area is 90.4 Å². The number of nitrogens with zero attached hydrogens (tertiary/aromatic N) is 1. The maximum absolute atomic E-state index is 9.04. The van der Waals surface area contributed by atoms with E-state index >= 15 is 0 Å². The maximum atomic E-state index is 9.04. The molecule has 2 atom stereocenters.